The summed E-state index contributed by atoms with van der Waals surface area (Å²) in [6.45, 7) is 11.0. The predicted molar refractivity (Wildman–Crippen MR) is 282 cm³/mol. The summed E-state index contributed by atoms with van der Waals surface area (Å²) in [7, 11) is 0. The lowest BCUT2D eigenvalue weighted by Crippen LogP contribution is -2.41. The van der Waals surface area contributed by atoms with Crippen molar-refractivity contribution < 1.29 is 72.3 Å². The molecule has 0 aliphatic rings. The number of nitrogens with two attached hydrogens (primary N) is 1. The van der Waals surface area contributed by atoms with Crippen molar-refractivity contribution in [3.05, 3.63) is 0 Å². The molecular weight excluding hydrogens is 957 g/mol. The first-order chi connectivity index (χ1) is 35.2. The average molecular weight is 1060 g/mol. The lowest BCUT2D eigenvalue weighted by molar-refractivity contribution is -0.142. The number of rotatable bonds is 52. The average Bonchev–Trinajstić information content (AvgIpc) is 3.32. The molecule has 0 aromatic rings. The molecule has 0 aromatic heterocycles. The zero-order valence-electron chi connectivity index (χ0n) is 46.0. The van der Waals surface area contributed by atoms with Gasteiger partial charge in [-0.1, -0.05) is 118 Å². The third-order valence-electron chi connectivity index (χ3n) is 12.5. The maximum atomic E-state index is 13.2. The van der Waals surface area contributed by atoms with Gasteiger partial charge in [0.15, 0.2) is 0 Å². The van der Waals surface area contributed by atoms with E-state index >= 15 is 0 Å². The first-order valence-corrected chi connectivity index (χ1v) is 27.7. The van der Waals surface area contributed by atoms with Crippen molar-refractivity contribution in [2.24, 2.45) is 28.9 Å². The highest BCUT2D eigenvalue weighted by atomic mass is 16.5. The van der Waals surface area contributed by atoms with Crippen LogP contribution in [0, 0.1) is 23.2 Å². The van der Waals surface area contributed by atoms with Crippen molar-refractivity contribution in [2.45, 2.75) is 208 Å². The molecule has 0 saturated carbocycles. The molecule has 19 nitrogen and oxygen atoms in total. The fourth-order valence-corrected chi connectivity index (χ4v) is 8.07. The van der Waals surface area contributed by atoms with Gasteiger partial charge >= 0.3 is 11.9 Å². The molecule has 3 atom stereocenters. The molecule has 7 N–H and O–H groups in total. The molecule has 0 radical (unpaired) electrons. The third kappa shape index (κ3) is 43.0. The minimum Gasteiger partial charge on any atom is -0.481 e. The van der Waals surface area contributed by atoms with Gasteiger partial charge in [0.1, 0.15) is 36.6 Å². The number of carbonyl (C=O) groups excluding carboxylic acids is 7. The first kappa shape index (κ1) is 69.7. The minimum absolute atomic E-state index is 0.0194. The number of primary amides is 1. The summed E-state index contributed by atoms with van der Waals surface area (Å²) in [6.07, 6.45) is 18.6. The van der Waals surface area contributed by atoms with Crippen molar-refractivity contribution in [2.75, 3.05) is 65.9 Å². The molecule has 0 bridgehead atoms. The van der Waals surface area contributed by atoms with E-state index in [1.165, 1.54) is 44.9 Å². The molecule has 0 heterocycles. The molecular formula is C55H98N4O15. The molecule has 0 saturated heterocycles. The zero-order chi connectivity index (χ0) is 55.4. The molecule has 0 aromatic carbocycles. The fourth-order valence-electron chi connectivity index (χ4n) is 8.07. The number of amides is 4. The van der Waals surface area contributed by atoms with Gasteiger partial charge in [0.25, 0.3) is 0 Å². The monoisotopic (exact) mass is 1050 g/mol. The van der Waals surface area contributed by atoms with E-state index in [-0.39, 0.29) is 139 Å². The van der Waals surface area contributed by atoms with Crippen LogP contribution in [0.3, 0.4) is 0 Å². The van der Waals surface area contributed by atoms with Crippen LogP contribution in [0.2, 0.25) is 0 Å². The van der Waals surface area contributed by atoms with E-state index in [1.54, 1.807) is 0 Å². The largest absolute Gasteiger partial charge is 0.481 e. The SMILES string of the molecule is CC(C)C[C@H](CC(=O)[C@H](CCCCNC(=O)COCCOCCNC(=O)COCCOCCCC(=O)CCC(NC(=O)CCCCCCCCCCCCCCCCC(=O)O)C(=O)O)CC(=O)C(C)(C)C)C(N)=O. The van der Waals surface area contributed by atoms with Crippen LogP contribution in [0.25, 0.3) is 0 Å². The summed E-state index contributed by atoms with van der Waals surface area (Å²) in [5.41, 5.74) is 4.98. The quantitative estimate of drug-likeness (QED) is 0.0328. The lowest BCUT2D eigenvalue weighted by Gasteiger charge is -2.23. The van der Waals surface area contributed by atoms with E-state index in [9.17, 15) is 48.3 Å². The van der Waals surface area contributed by atoms with E-state index in [2.05, 4.69) is 16.0 Å². The number of hydrogen-bond acceptors (Lipinski definition) is 13. The van der Waals surface area contributed by atoms with E-state index in [0.29, 0.717) is 51.7 Å². The van der Waals surface area contributed by atoms with Crippen LogP contribution in [-0.4, -0.2) is 135 Å². The number of hydrogen-bond donors (Lipinski definition) is 6. The standard InChI is InChI=1S/C55H98N4O15/c1-42(2)37-44(53(56)68)38-47(61)43(39-48(62)55(3,4)5)23-20-21-29-57-50(64)40-74-36-34-72-32-30-58-51(65)41-73-35-33-71-31-22-24-45(60)27-28-46(54(69)70)59-49(63)25-18-16-14-12-10-8-6-7-9-11-13-15-17-19-26-52(66)67/h42-44,46H,6-41H2,1-5H3,(H2,56,68)(H,57,64)(H,58,65)(H,59,63)(H,66,67)(H,69,70)/t43-,44-,46?/m1/s1. The minimum atomic E-state index is -1.17. The highest BCUT2D eigenvalue weighted by Gasteiger charge is 2.31. The maximum Gasteiger partial charge on any atom is 0.326 e. The summed E-state index contributed by atoms with van der Waals surface area (Å²) in [5, 5.41) is 26.3. The third-order valence-corrected chi connectivity index (χ3v) is 12.5. The van der Waals surface area contributed by atoms with Gasteiger partial charge in [0.2, 0.25) is 23.6 Å². The van der Waals surface area contributed by atoms with Gasteiger partial charge in [-0.2, -0.15) is 0 Å². The van der Waals surface area contributed by atoms with Crippen LogP contribution in [0.15, 0.2) is 0 Å². The maximum absolute atomic E-state index is 13.2. The molecule has 428 valence electrons. The summed E-state index contributed by atoms with van der Waals surface area (Å²) < 4.78 is 21.6. The molecule has 4 amide bonds. The molecule has 0 aliphatic carbocycles. The van der Waals surface area contributed by atoms with Gasteiger partial charge in [-0.3, -0.25) is 38.4 Å². The summed E-state index contributed by atoms with van der Waals surface area (Å²) in [6, 6.07) is -1.11. The normalized spacial score (nSPS) is 12.7. The van der Waals surface area contributed by atoms with Gasteiger partial charge in [-0.15, -0.1) is 0 Å². The van der Waals surface area contributed by atoms with Crippen molar-refractivity contribution >= 4 is 52.9 Å². The Kier molecular flexibility index (Phi) is 42.3. The van der Waals surface area contributed by atoms with Crippen molar-refractivity contribution in [1.29, 1.82) is 0 Å². The Morgan fingerprint density at radius 1 is 0.500 bits per heavy atom. The van der Waals surface area contributed by atoms with Crippen LogP contribution in [-0.2, 0) is 62.1 Å². The fraction of sp³-hybridized carbons (Fsp3) is 0.836. The lowest BCUT2D eigenvalue weighted by atomic mass is 9.79. The van der Waals surface area contributed by atoms with Crippen LogP contribution in [0.4, 0.5) is 0 Å². The van der Waals surface area contributed by atoms with Gasteiger partial charge < -0.3 is 50.8 Å². The first-order valence-electron chi connectivity index (χ1n) is 27.7. The number of nitrogens with one attached hydrogen (secondary N) is 3. The number of ketones is 3. The molecule has 19 heteroatoms. The summed E-state index contributed by atoms with van der Waals surface area (Å²) >= 11 is 0. The summed E-state index contributed by atoms with van der Waals surface area (Å²) in [4.78, 5) is 109. The van der Waals surface area contributed by atoms with Gasteiger partial charge in [-0.25, -0.2) is 4.79 Å². The molecule has 0 aliphatic heterocycles. The second-order valence-corrected chi connectivity index (χ2v) is 21.0. The van der Waals surface area contributed by atoms with E-state index < -0.39 is 41.1 Å². The van der Waals surface area contributed by atoms with Crippen LogP contribution >= 0.6 is 0 Å². The van der Waals surface area contributed by atoms with Crippen LogP contribution in [0.5, 0.6) is 0 Å². The second-order valence-electron chi connectivity index (χ2n) is 21.0. The van der Waals surface area contributed by atoms with Crippen LogP contribution in [0.1, 0.15) is 202 Å². The Morgan fingerprint density at radius 2 is 1.00 bits per heavy atom. The van der Waals surface area contributed by atoms with Gasteiger partial charge in [0.05, 0.1) is 33.0 Å². The zero-order valence-corrected chi connectivity index (χ0v) is 46.0. The number of carboxylic acids is 2. The van der Waals surface area contributed by atoms with E-state index in [1.807, 2.05) is 34.6 Å². The molecule has 0 rings (SSSR count). The predicted octanol–water partition coefficient (Wildman–Crippen LogP) is 7.21. The number of aliphatic carboxylic acids is 2. The molecule has 0 spiro atoms. The van der Waals surface area contributed by atoms with Crippen LogP contribution < -0.4 is 21.7 Å². The Bertz CT molecular complexity index is 1600. The Labute approximate surface area is 442 Å². The topological polar surface area (TPSA) is 293 Å². The number of carbonyl (C=O) groups is 9. The highest BCUT2D eigenvalue weighted by Crippen LogP contribution is 2.27. The van der Waals surface area contributed by atoms with Crippen molar-refractivity contribution in [3.8, 4) is 0 Å². The Balaban J connectivity index is 3.91. The van der Waals surface area contributed by atoms with Gasteiger partial charge in [0, 0.05) is 75.5 Å². The van der Waals surface area contributed by atoms with Gasteiger partial charge in [-0.05, 0) is 50.9 Å². The number of Topliss-reactive ketones (excluding diaryl/α,β-unsaturated/α-hetero) is 3. The Morgan fingerprint density at radius 3 is 1.50 bits per heavy atom. The smallest absolute Gasteiger partial charge is 0.326 e. The molecule has 0 fully saturated rings. The highest BCUT2D eigenvalue weighted by molar-refractivity contribution is 5.92. The van der Waals surface area contributed by atoms with E-state index in [0.717, 1.165) is 38.5 Å². The number of ether oxygens (including phenoxy) is 4. The van der Waals surface area contributed by atoms with Crippen molar-refractivity contribution in [3.63, 3.8) is 0 Å². The Hall–Kier alpha value is -4.33. The second kappa shape index (κ2) is 44.9. The number of unbranched alkanes of at least 4 members (excludes halogenated alkanes) is 14. The molecule has 1 unspecified atom stereocenters. The summed E-state index contributed by atoms with van der Waals surface area (Å²) in [5.74, 6) is -4.48. The van der Waals surface area contributed by atoms with Crippen molar-refractivity contribution in [1.82, 2.24) is 16.0 Å². The number of carboxylic acid groups (broad SMARTS) is 2. The van der Waals surface area contributed by atoms with E-state index in [4.69, 9.17) is 29.8 Å². The molecule has 74 heavy (non-hydrogen) atoms.